The maximum Gasteiger partial charge on any atom is 0.407 e. The van der Waals surface area contributed by atoms with E-state index in [9.17, 15) is 4.79 Å². The van der Waals surface area contributed by atoms with Gasteiger partial charge in [-0.1, -0.05) is 0 Å². The molecule has 0 saturated heterocycles. The van der Waals surface area contributed by atoms with Gasteiger partial charge in [0.15, 0.2) is 5.96 Å². The number of carbonyl (C=O) groups excluding carboxylic acids is 1. The van der Waals surface area contributed by atoms with Gasteiger partial charge in [0.25, 0.3) is 0 Å². The number of hydrogen-bond donors (Lipinski definition) is 2. The summed E-state index contributed by atoms with van der Waals surface area (Å²) in [6.07, 6.45) is 2.21. The second kappa shape index (κ2) is 12.6. The summed E-state index contributed by atoms with van der Waals surface area (Å²) in [6, 6.07) is 0. The molecule has 1 rings (SSSR count). The zero-order valence-corrected chi connectivity index (χ0v) is 18.6. The summed E-state index contributed by atoms with van der Waals surface area (Å²) in [5, 5.41) is 5.96. The van der Waals surface area contributed by atoms with Crippen molar-refractivity contribution in [2.45, 2.75) is 46.1 Å². The molecule has 1 aliphatic carbocycles. The van der Waals surface area contributed by atoms with Crippen molar-refractivity contribution in [1.29, 1.82) is 0 Å². The Morgan fingerprint density at radius 2 is 1.96 bits per heavy atom. The molecule has 7 nitrogen and oxygen atoms in total. The van der Waals surface area contributed by atoms with Crippen LogP contribution in [0.25, 0.3) is 0 Å². The number of rotatable bonds is 9. The molecule has 1 aliphatic rings. The van der Waals surface area contributed by atoms with Crippen molar-refractivity contribution in [2.24, 2.45) is 10.9 Å². The van der Waals surface area contributed by atoms with Crippen LogP contribution >= 0.6 is 24.0 Å². The highest BCUT2D eigenvalue weighted by Gasteiger charge is 2.21. The number of carbonyl (C=O) groups is 1. The molecule has 0 heterocycles. The fraction of sp³-hybridized carbons (Fsp3) is 0.882. The van der Waals surface area contributed by atoms with Crippen LogP contribution in [-0.4, -0.2) is 69.0 Å². The van der Waals surface area contributed by atoms with Crippen LogP contribution in [0.1, 0.15) is 40.5 Å². The molecular formula is C17H35IN4O3. The molecule has 2 N–H and O–H groups in total. The Morgan fingerprint density at radius 3 is 2.52 bits per heavy atom. The smallest absolute Gasteiger partial charge is 0.407 e. The van der Waals surface area contributed by atoms with Gasteiger partial charge >= 0.3 is 6.09 Å². The number of ether oxygens (including phenoxy) is 2. The molecule has 0 bridgehead atoms. The van der Waals surface area contributed by atoms with Crippen molar-refractivity contribution >= 4 is 36.0 Å². The highest BCUT2D eigenvalue weighted by Crippen LogP contribution is 2.28. The first-order valence-corrected chi connectivity index (χ1v) is 8.86. The number of likely N-dealkylation sites (N-methyl/N-ethyl adjacent to an activating group) is 1. The van der Waals surface area contributed by atoms with Gasteiger partial charge in [-0.25, -0.2) is 4.79 Å². The molecule has 8 heteroatoms. The van der Waals surface area contributed by atoms with E-state index in [1.165, 1.54) is 12.8 Å². The number of alkyl carbamates (subject to hydrolysis) is 1. The molecule has 0 unspecified atom stereocenters. The van der Waals surface area contributed by atoms with Crippen molar-refractivity contribution < 1.29 is 14.3 Å². The van der Waals surface area contributed by atoms with E-state index >= 15 is 0 Å². The van der Waals surface area contributed by atoms with E-state index in [0.717, 1.165) is 31.6 Å². The van der Waals surface area contributed by atoms with Gasteiger partial charge in [-0.3, -0.25) is 4.99 Å². The Bertz CT molecular complexity index is 409. The molecule has 25 heavy (non-hydrogen) atoms. The summed E-state index contributed by atoms with van der Waals surface area (Å²) >= 11 is 0. The van der Waals surface area contributed by atoms with Crippen LogP contribution in [0, 0.1) is 5.92 Å². The van der Waals surface area contributed by atoms with Gasteiger partial charge in [0.05, 0.1) is 13.2 Å². The predicted octanol–water partition coefficient (Wildman–Crippen LogP) is 2.45. The molecule has 148 valence electrons. The molecule has 1 saturated carbocycles. The molecule has 0 atom stereocenters. The molecule has 0 aromatic carbocycles. The third-order valence-electron chi connectivity index (χ3n) is 3.36. The average Bonchev–Trinajstić information content (AvgIpc) is 3.29. The average molecular weight is 470 g/mol. The molecule has 0 aliphatic heterocycles. The Hall–Kier alpha value is -0.770. The van der Waals surface area contributed by atoms with E-state index in [0.29, 0.717) is 19.7 Å². The van der Waals surface area contributed by atoms with Crippen molar-refractivity contribution in [3.05, 3.63) is 0 Å². The van der Waals surface area contributed by atoms with Crippen LogP contribution < -0.4 is 10.6 Å². The van der Waals surface area contributed by atoms with Gasteiger partial charge in [-0.05, 0) is 46.5 Å². The van der Waals surface area contributed by atoms with E-state index in [4.69, 9.17) is 9.47 Å². The highest BCUT2D eigenvalue weighted by molar-refractivity contribution is 14.0. The van der Waals surface area contributed by atoms with E-state index in [-0.39, 0.29) is 24.0 Å². The largest absolute Gasteiger partial charge is 0.444 e. The third-order valence-corrected chi connectivity index (χ3v) is 3.36. The number of nitrogens with one attached hydrogen (secondary N) is 2. The first-order valence-electron chi connectivity index (χ1n) is 8.86. The first-order chi connectivity index (χ1) is 11.3. The molecular weight excluding hydrogens is 435 g/mol. The highest BCUT2D eigenvalue weighted by atomic mass is 127. The normalized spacial score (nSPS) is 14.5. The maximum absolute atomic E-state index is 11.6. The van der Waals surface area contributed by atoms with Crippen LogP contribution in [-0.2, 0) is 9.47 Å². The number of guanidine groups is 1. The number of nitrogens with zero attached hydrogens (tertiary/aromatic N) is 2. The van der Waals surface area contributed by atoms with Crippen LogP contribution in [0.3, 0.4) is 0 Å². The summed E-state index contributed by atoms with van der Waals surface area (Å²) < 4.78 is 10.9. The lowest BCUT2D eigenvalue weighted by Crippen LogP contribution is -2.41. The first kappa shape index (κ1) is 24.2. The maximum atomic E-state index is 11.6. The lowest BCUT2D eigenvalue weighted by atomic mass is 10.2. The fourth-order valence-electron chi connectivity index (χ4n) is 1.95. The van der Waals surface area contributed by atoms with Crippen molar-refractivity contribution in [2.75, 3.05) is 46.4 Å². The summed E-state index contributed by atoms with van der Waals surface area (Å²) in [6.45, 7) is 11.7. The van der Waals surface area contributed by atoms with Crippen molar-refractivity contribution in [3.63, 3.8) is 0 Å². The van der Waals surface area contributed by atoms with Crippen molar-refractivity contribution in [3.8, 4) is 0 Å². The topological polar surface area (TPSA) is 75.2 Å². The van der Waals surface area contributed by atoms with E-state index in [2.05, 4.69) is 15.6 Å². The van der Waals surface area contributed by atoms with Crippen LogP contribution in [0.5, 0.6) is 0 Å². The van der Waals surface area contributed by atoms with Crippen LogP contribution in [0.4, 0.5) is 4.79 Å². The number of hydrogen-bond acceptors (Lipinski definition) is 4. The van der Waals surface area contributed by atoms with Gasteiger partial charge in [-0.15, -0.1) is 24.0 Å². The summed E-state index contributed by atoms with van der Waals surface area (Å²) in [5.41, 5.74) is -0.483. The Kier molecular flexibility index (Phi) is 12.2. The minimum absolute atomic E-state index is 0. The standard InChI is InChI=1S/C17H34N4O3.HI/c1-6-18-15(21(5)11-12-23-13-14-7-8-14)19-9-10-20-16(22)24-17(2,3)4;/h14H,6-13H2,1-5H3,(H,18,19)(H,20,22);1H. The van der Waals surface area contributed by atoms with Gasteiger partial charge in [-0.2, -0.15) is 0 Å². The van der Waals surface area contributed by atoms with Gasteiger partial charge in [0.2, 0.25) is 0 Å². The Morgan fingerprint density at radius 1 is 1.28 bits per heavy atom. The van der Waals surface area contributed by atoms with E-state index in [1.54, 1.807) is 0 Å². The van der Waals surface area contributed by atoms with Crippen LogP contribution in [0.2, 0.25) is 0 Å². The minimum Gasteiger partial charge on any atom is -0.444 e. The van der Waals surface area contributed by atoms with Gasteiger partial charge < -0.3 is 25.0 Å². The van der Waals surface area contributed by atoms with E-state index < -0.39 is 11.7 Å². The second-order valence-electron chi connectivity index (χ2n) is 7.10. The molecule has 0 aromatic heterocycles. The predicted molar refractivity (Wildman–Crippen MR) is 112 cm³/mol. The second-order valence-corrected chi connectivity index (χ2v) is 7.10. The summed E-state index contributed by atoms with van der Waals surface area (Å²) in [5.74, 6) is 1.61. The number of halogens is 1. The van der Waals surface area contributed by atoms with Crippen molar-refractivity contribution in [1.82, 2.24) is 15.5 Å². The molecule has 0 aromatic rings. The Labute approximate surface area is 169 Å². The lowest BCUT2D eigenvalue weighted by molar-refractivity contribution is 0.0529. The molecule has 1 amide bonds. The summed E-state index contributed by atoms with van der Waals surface area (Å²) in [7, 11) is 1.99. The zero-order chi connectivity index (χ0) is 18.0. The molecule has 0 spiro atoms. The van der Waals surface area contributed by atoms with Gasteiger partial charge in [0.1, 0.15) is 5.60 Å². The molecule has 0 radical (unpaired) electrons. The number of amides is 1. The minimum atomic E-state index is -0.483. The quantitative estimate of drug-likeness (QED) is 0.234. The van der Waals surface area contributed by atoms with E-state index in [1.807, 2.05) is 39.6 Å². The monoisotopic (exact) mass is 470 g/mol. The zero-order valence-electron chi connectivity index (χ0n) is 16.3. The molecule has 1 fully saturated rings. The lowest BCUT2D eigenvalue weighted by Gasteiger charge is -2.22. The van der Waals surface area contributed by atoms with Gasteiger partial charge in [0, 0.05) is 33.3 Å². The number of aliphatic imine (C=N–C) groups is 1. The Balaban J connectivity index is 0.00000576. The SMILES string of the molecule is CCNC(=NCCNC(=O)OC(C)(C)C)N(C)CCOCC1CC1.I. The fourth-order valence-corrected chi connectivity index (χ4v) is 1.95. The van der Waals surface area contributed by atoms with Crippen LogP contribution in [0.15, 0.2) is 4.99 Å². The summed E-state index contributed by atoms with van der Waals surface area (Å²) in [4.78, 5) is 18.1. The third kappa shape index (κ3) is 13.1.